The smallest absolute Gasteiger partial charge is 0.281 e. The van der Waals surface area contributed by atoms with E-state index in [0.29, 0.717) is 34.4 Å². The van der Waals surface area contributed by atoms with Gasteiger partial charge in [-0.05, 0) is 39.2 Å². The minimum absolute atomic E-state index is 0.0194. The summed E-state index contributed by atoms with van der Waals surface area (Å²) in [5, 5.41) is 3.71. The summed E-state index contributed by atoms with van der Waals surface area (Å²) in [5.74, 6) is 0.607. The van der Waals surface area contributed by atoms with Crippen LogP contribution in [0.2, 0.25) is 0 Å². The van der Waals surface area contributed by atoms with Crippen LogP contribution in [-0.4, -0.2) is 45.7 Å². The summed E-state index contributed by atoms with van der Waals surface area (Å²) in [6, 6.07) is 9.56. The Kier molecular flexibility index (Phi) is 6.30. The molecule has 2 aromatic heterocycles. The summed E-state index contributed by atoms with van der Waals surface area (Å²) in [4.78, 5) is 37.9. The third-order valence-electron chi connectivity index (χ3n) is 5.90. The second-order valence-electron chi connectivity index (χ2n) is 8.72. The number of nitrogens with one attached hydrogen (secondary N) is 1. The molecule has 1 aromatic carbocycles. The fourth-order valence-corrected chi connectivity index (χ4v) is 4.98. The van der Waals surface area contributed by atoms with Crippen molar-refractivity contribution in [1.29, 1.82) is 0 Å². The van der Waals surface area contributed by atoms with Crippen LogP contribution in [0.5, 0.6) is 0 Å². The molecule has 0 unspecified atom stereocenters. The molecule has 1 fully saturated rings. The molecule has 9 heteroatoms. The van der Waals surface area contributed by atoms with Gasteiger partial charge in [0.25, 0.3) is 5.56 Å². The van der Waals surface area contributed by atoms with Crippen LogP contribution in [0.15, 0.2) is 35.1 Å². The minimum atomic E-state index is -0.500. The van der Waals surface area contributed by atoms with E-state index < -0.39 is 5.60 Å². The van der Waals surface area contributed by atoms with Crippen molar-refractivity contribution in [3.05, 3.63) is 52.1 Å². The van der Waals surface area contributed by atoms with E-state index in [4.69, 9.17) is 4.74 Å². The molecule has 1 atom stereocenters. The third kappa shape index (κ3) is 4.54. The highest BCUT2D eigenvalue weighted by Crippen LogP contribution is 2.32. The van der Waals surface area contributed by atoms with Crippen molar-refractivity contribution in [3.63, 3.8) is 0 Å². The maximum absolute atomic E-state index is 13.2. The molecule has 170 valence electrons. The van der Waals surface area contributed by atoms with Crippen molar-refractivity contribution in [3.8, 4) is 0 Å². The van der Waals surface area contributed by atoms with E-state index >= 15 is 0 Å². The molecular weight excluding hydrogens is 426 g/mol. The largest absolute Gasteiger partial charge is 0.377 e. The standard InChI is InChI=1S/C23H29N5O3S/c1-15-25-20-18(21(30)28(15)14-23(2,3)31-4)26-22(32-20)27-12-8-11-17(27)19(29)24-13-16-9-6-5-7-10-16/h5-7,9-10,17H,8,11-14H2,1-4H3,(H,24,29)/t17-/m1/s1. The molecule has 1 aliphatic rings. The van der Waals surface area contributed by atoms with Gasteiger partial charge in [0.15, 0.2) is 15.5 Å². The highest BCUT2D eigenvalue weighted by atomic mass is 32.1. The van der Waals surface area contributed by atoms with Gasteiger partial charge in [0.1, 0.15) is 11.9 Å². The molecule has 32 heavy (non-hydrogen) atoms. The lowest BCUT2D eigenvalue weighted by molar-refractivity contribution is -0.122. The molecule has 1 saturated heterocycles. The third-order valence-corrected chi connectivity index (χ3v) is 6.89. The van der Waals surface area contributed by atoms with Crippen LogP contribution < -0.4 is 15.8 Å². The summed E-state index contributed by atoms with van der Waals surface area (Å²) in [7, 11) is 1.63. The number of hydrogen-bond donors (Lipinski definition) is 1. The number of carbonyl (C=O) groups excluding carboxylic acids is 1. The normalized spacial score (nSPS) is 16.6. The summed E-state index contributed by atoms with van der Waals surface area (Å²) in [6.07, 6.45) is 1.66. The van der Waals surface area contributed by atoms with Crippen LogP contribution in [-0.2, 0) is 22.6 Å². The predicted octanol–water partition coefficient (Wildman–Crippen LogP) is 2.87. The van der Waals surface area contributed by atoms with Gasteiger partial charge in [-0.3, -0.25) is 14.2 Å². The van der Waals surface area contributed by atoms with Crippen LogP contribution in [0.1, 0.15) is 38.1 Å². The Balaban J connectivity index is 1.57. The molecule has 8 nitrogen and oxygen atoms in total. The molecule has 0 saturated carbocycles. The average Bonchev–Trinajstić information content (AvgIpc) is 3.43. The maximum atomic E-state index is 13.2. The summed E-state index contributed by atoms with van der Waals surface area (Å²) in [5.41, 5.74) is 0.728. The van der Waals surface area contributed by atoms with Crippen molar-refractivity contribution >= 4 is 32.7 Å². The lowest BCUT2D eigenvalue weighted by Gasteiger charge is -2.24. The van der Waals surface area contributed by atoms with E-state index in [9.17, 15) is 9.59 Å². The number of benzene rings is 1. The molecule has 0 aliphatic carbocycles. The molecule has 1 amide bonds. The number of aromatic nitrogens is 3. The number of aryl methyl sites for hydroxylation is 1. The number of carbonyl (C=O) groups is 1. The maximum Gasteiger partial charge on any atom is 0.281 e. The number of anilines is 1. The topological polar surface area (TPSA) is 89.3 Å². The number of hydrogen-bond acceptors (Lipinski definition) is 7. The van der Waals surface area contributed by atoms with Crippen LogP contribution in [0, 0.1) is 6.92 Å². The molecule has 1 aliphatic heterocycles. The summed E-state index contributed by atoms with van der Waals surface area (Å²) < 4.78 is 7.10. The van der Waals surface area contributed by atoms with Crippen molar-refractivity contribution in [2.24, 2.45) is 0 Å². The van der Waals surface area contributed by atoms with Gasteiger partial charge in [0, 0.05) is 20.2 Å². The predicted molar refractivity (Wildman–Crippen MR) is 126 cm³/mol. The zero-order chi connectivity index (χ0) is 22.9. The van der Waals surface area contributed by atoms with Gasteiger partial charge in [0.05, 0.1) is 12.1 Å². The molecule has 4 rings (SSSR count). The SMILES string of the molecule is COC(C)(C)Cn1c(C)nc2sc(N3CCC[C@@H]3C(=O)NCc3ccccc3)nc2c1=O. The fraction of sp³-hybridized carbons (Fsp3) is 0.478. The lowest BCUT2D eigenvalue weighted by Crippen LogP contribution is -2.43. The van der Waals surface area contributed by atoms with E-state index in [1.807, 2.05) is 56.0 Å². The fourth-order valence-electron chi connectivity index (χ4n) is 3.92. The van der Waals surface area contributed by atoms with Gasteiger partial charge in [-0.2, -0.15) is 0 Å². The van der Waals surface area contributed by atoms with Gasteiger partial charge in [-0.1, -0.05) is 41.7 Å². The Morgan fingerprint density at radius 2 is 2.03 bits per heavy atom. The van der Waals surface area contributed by atoms with Gasteiger partial charge in [0.2, 0.25) is 5.91 Å². The first kappa shape index (κ1) is 22.4. The van der Waals surface area contributed by atoms with E-state index in [1.165, 1.54) is 11.3 Å². The average molecular weight is 456 g/mol. The molecule has 0 bridgehead atoms. The number of fused-ring (bicyclic) bond motifs is 1. The number of nitrogens with zero attached hydrogens (tertiary/aromatic N) is 4. The number of rotatable bonds is 7. The van der Waals surface area contributed by atoms with E-state index in [0.717, 1.165) is 24.9 Å². The Labute approximate surface area is 191 Å². The number of methoxy groups -OCH3 is 1. The Hall–Kier alpha value is -2.78. The quantitative estimate of drug-likeness (QED) is 0.589. The minimum Gasteiger partial charge on any atom is -0.377 e. The lowest BCUT2D eigenvalue weighted by atomic mass is 10.1. The number of ether oxygens (including phenoxy) is 1. The van der Waals surface area contributed by atoms with Gasteiger partial charge in [-0.15, -0.1) is 0 Å². The van der Waals surface area contributed by atoms with Crippen LogP contribution >= 0.6 is 11.3 Å². The van der Waals surface area contributed by atoms with Crippen LogP contribution in [0.3, 0.4) is 0 Å². The van der Waals surface area contributed by atoms with Gasteiger partial charge < -0.3 is 15.0 Å². The summed E-state index contributed by atoms with van der Waals surface area (Å²) in [6.45, 7) is 7.29. The first-order chi connectivity index (χ1) is 15.3. The van der Waals surface area contributed by atoms with Crippen molar-refractivity contribution in [2.45, 2.75) is 58.3 Å². The highest BCUT2D eigenvalue weighted by Gasteiger charge is 2.33. The Bertz CT molecular complexity index is 1170. The first-order valence-electron chi connectivity index (χ1n) is 10.8. The van der Waals surface area contributed by atoms with Crippen molar-refractivity contribution in [2.75, 3.05) is 18.6 Å². The van der Waals surface area contributed by atoms with Gasteiger partial charge >= 0.3 is 0 Å². The number of thiazole rings is 1. The molecule has 0 radical (unpaired) electrons. The molecule has 3 aromatic rings. The molecule has 1 N–H and O–H groups in total. The molecule has 3 heterocycles. The highest BCUT2D eigenvalue weighted by molar-refractivity contribution is 7.21. The van der Waals surface area contributed by atoms with Crippen LogP contribution in [0.25, 0.3) is 10.3 Å². The zero-order valence-electron chi connectivity index (χ0n) is 18.9. The second kappa shape index (κ2) is 8.99. The Morgan fingerprint density at radius 3 is 2.75 bits per heavy atom. The molecule has 0 spiro atoms. The number of amides is 1. The zero-order valence-corrected chi connectivity index (χ0v) is 19.7. The summed E-state index contributed by atoms with van der Waals surface area (Å²) >= 11 is 1.37. The Morgan fingerprint density at radius 1 is 1.28 bits per heavy atom. The van der Waals surface area contributed by atoms with E-state index in [2.05, 4.69) is 15.3 Å². The molecular formula is C23H29N5O3S. The van der Waals surface area contributed by atoms with E-state index in [-0.39, 0.29) is 17.5 Å². The van der Waals surface area contributed by atoms with E-state index in [1.54, 1.807) is 11.7 Å². The van der Waals surface area contributed by atoms with Crippen molar-refractivity contribution < 1.29 is 9.53 Å². The monoisotopic (exact) mass is 455 g/mol. The van der Waals surface area contributed by atoms with Crippen LogP contribution in [0.4, 0.5) is 5.13 Å². The van der Waals surface area contributed by atoms with Gasteiger partial charge in [-0.25, -0.2) is 9.97 Å². The first-order valence-corrected chi connectivity index (χ1v) is 11.6. The second-order valence-corrected chi connectivity index (χ2v) is 9.68. The van der Waals surface area contributed by atoms with Crippen molar-refractivity contribution in [1.82, 2.24) is 19.9 Å².